The van der Waals surface area contributed by atoms with Gasteiger partial charge in [-0.25, -0.2) is 4.98 Å². The van der Waals surface area contributed by atoms with Gasteiger partial charge in [-0.3, -0.25) is 4.79 Å². The standard InChI is InChI=1S/C17H21N3O2/c21-10-8-13(11-4-5-11)18-17(22)15-14-3-1-2-9-20(14)16(19-15)12-6-7-12/h1-3,9,11-13,21H,4-8,10H2,(H,18,22). The van der Waals surface area contributed by atoms with E-state index in [0.717, 1.165) is 37.0 Å². The van der Waals surface area contributed by atoms with Crippen molar-refractivity contribution >= 4 is 11.4 Å². The molecular formula is C17H21N3O2. The summed E-state index contributed by atoms with van der Waals surface area (Å²) in [5, 5.41) is 12.3. The molecule has 0 aromatic carbocycles. The number of aliphatic hydroxyl groups is 1. The molecule has 22 heavy (non-hydrogen) atoms. The van der Waals surface area contributed by atoms with Gasteiger partial charge < -0.3 is 14.8 Å². The molecule has 2 heterocycles. The van der Waals surface area contributed by atoms with Crippen LogP contribution < -0.4 is 5.32 Å². The number of hydrogen-bond acceptors (Lipinski definition) is 3. The normalized spacial score (nSPS) is 19.3. The first-order valence-corrected chi connectivity index (χ1v) is 8.16. The number of carbonyl (C=O) groups excluding carboxylic acids is 1. The number of amides is 1. The molecule has 0 radical (unpaired) electrons. The second-order valence-electron chi connectivity index (χ2n) is 6.48. The number of pyridine rings is 1. The highest BCUT2D eigenvalue weighted by atomic mass is 16.3. The molecule has 2 saturated carbocycles. The number of nitrogens with zero attached hydrogens (tertiary/aromatic N) is 2. The average molecular weight is 299 g/mol. The van der Waals surface area contributed by atoms with Crippen LogP contribution in [-0.4, -0.2) is 33.0 Å². The number of carbonyl (C=O) groups is 1. The lowest BCUT2D eigenvalue weighted by Gasteiger charge is -2.16. The van der Waals surface area contributed by atoms with Crippen molar-refractivity contribution < 1.29 is 9.90 Å². The minimum absolute atomic E-state index is 0.0716. The summed E-state index contributed by atoms with van der Waals surface area (Å²) in [5.74, 6) is 1.91. The fourth-order valence-corrected chi connectivity index (χ4v) is 3.16. The molecule has 5 nitrogen and oxygen atoms in total. The van der Waals surface area contributed by atoms with E-state index >= 15 is 0 Å². The molecule has 4 rings (SSSR count). The van der Waals surface area contributed by atoms with Crippen molar-refractivity contribution in [3.05, 3.63) is 35.9 Å². The highest BCUT2D eigenvalue weighted by Crippen LogP contribution is 2.40. The number of hydrogen-bond donors (Lipinski definition) is 2. The molecular weight excluding hydrogens is 278 g/mol. The molecule has 1 unspecified atom stereocenters. The van der Waals surface area contributed by atoms with Gasteiger partial charge >= 0.3 is 0 Å². The van der Waals surface area contributed by atoms with E-state index in [0.29, 0.717) is 24.0 Å². The summed E-state index contributed by atoms with van der Waals surface area (Å²) in [7, 11) is 0. The Morgan fingerprint density at radius 3 is 2.86 bits per heavy atom. The maximum atomic E-state index is 12.7. The van der Waals surface area contributed by atoms with Gasteiger partial charge in [0.25, 0.3) is 5.91 Å². The van der Waals surface area contributed by atoms with E-state index in [-0.39, 0.29) is 18.6 Å². The first-order chi connectivity index (χ1) is 10.8. The number of aromatic nitrogens is 2. The molecule has 2 fully saturated rings. The second-order valence-corrected chi connectivity index (χ2v) is 6.48. The predicted octanol–water partition coefficient (Wildman–Crippen LogP) is 2.10. The summed E-state index contributed by atoms with van der Waals surface area (Å²) in [4.78, 5) is 17.3. The molecule has 2 aromatic rings. The Labute approximate surface area is 129 Å². The van der Waals surface area contributed by atoms with Gasteiger partial charge in [0.15, 0.2) is 5.69 Å². The van der Waals surface area contributed by atoms with Crippen LogP contribution in [0.15, 0.2) is 24.4 Å². The fourth-order valence-electron chi connectivity index (χ4n) is 3.16. The molecule has 1 atom stereocenters. The van der Waals surface area contributed by atoms with Crippen LogP contribution in [0.5, 0.6) is 0 Å². The van der Waals surface area contributed by atoms with Crippen LogP contribution in [0.1, 0.15) is 54.3 Å². The van der Waals surface area contributed by atoms with Crippen molar-refractivity contribution in [2.24, 2.45) is 5.92 Å². The van der Waals surface area contributed by atoms with Crippen molar-refractivity contribution in [3.63, 3.8) is 0 Å². The summed E-state index contributed by atoms with van der Waals surface area (Å²) in [6.07, 6.45) is 7.20. The Balaban J connectivity index is 1.63. The van der Waals surface area contributed by atoms with Crippen LogP contribution in [-0.2, 0) is 0 Å². The Bertz CT molecular complexity index is 701. The quantitative estimate of drug-likeness (QED) is 0.858. The van der Waals surface area contributed by atoms with Gasteiger partial charge in [0.05, 0.1) is 5.52 Å². The molecule has 5 heteroatoms. The molecule has 1 amide bonds. The SMILES string of the molecule is O=C(NC(CCO)C1CC1)c1nc(C2CC2)n2ccccc12. The third-order valence-electron chi connectivity index (χ3n) is 4.68. The average Bonchev–Trinajstić information content (AvgIpc) is 3.43. The van der Waals surface area contributed by atoms with E-state index < -0.39 is 0 Å². The highest BCUT2D eigenvalue weighted by molar-refractivity contribution is 5.99. The molecule has 0 saturated heterocycles. The van der Waals surface area contributed by atoms with Crippen LogP contribution in [0.25, 0.3) is 5.52 Å². The largest absolute Gasteiger partial charge is 0.396 e. The minimum atomic E-state index is -0.110. The number of aliphatic hydroxyl groups excluding tert-OH is 1. The van der Waals surface area contributed by atoms with Crippen molar-refractivity contribution in [1.29, 1.82) is 0 Å². The van der Waals surface area contributed by atoms with E-state index in [4.69, 9.17) is 0 Å². The van der Waals surface area contributed by atoms with Crippen molar-refractivity contribution in [2.75, 3.05) is 6.61 Å². The Morgan fingerprint density at radius 1 is 1.36 bits per heavy atom. The molecule has 2 aromatic heterocycles. The molecule has 0 aliphatic heterocycles. The molecule has 2 N–H and O–H groups in total. The first kappa shape index (κ1) is 13.8. The zero-order valence-electron chi connectivity index (χ0n) is 12.5. The monoisotopic (exact) mass is 299 g/mol. The lowest BCUT2D eigenvalue weighted by molar-refractivity contribution is 0.0921. The Kier molecular flexibility index (Phi) is 3.37. The van der Waals surface area contributed by atoms with Crippen LogP contribution in [0, 0.1) is 5.92 Å². The van der Waals surface area contributed by atoms with Crippen molar-refractivity contribution in [3.8, 4) is 0 Å². The number of fused-ring (bicyclic) bond motifs is 1. The summed E-state index contributed by atoms with van der Waals surface area (Å²) in [5.41, 5.74) is 1.39. The van der Waals surface area contributed by atoms with Gasteiger partial charge in [0, 0.05) is 24.8 Å². The number of rotatable bonds is 6. The second kappa shape index (κ2) is 5.39. The van der Waals surface area contributed by atoms with Gasteiger partial charge in [0.2, 0.25) is 0 Å². The van der Waals surface area contributed by atoms with Gasteiger partial charge in [-0.2, -0.15) is 0 Å². The van der Waals surface area contributed by atoms with E-state index in [2.05, 4.69) is 10.3 Å². The third-order valence-corrected chi connectivity index (χ3v) is 4.68. The van der Waals surface area contributed by atoms with Crippen LogP contribution in [0.2, 0.25) is 0 Å². The van der Waals surface area contributed by atoms with E-state index in [1.807, 2.05) is 28.8 Å². The van der Waals surface area contributed by atoms with Gasteiger partial charge in [-0.1, -0.05) is 6.07 Å². The molecule has 0 spiro atoms. The molecule has 116 valence electrons. The van der Waals surface area contributed by atoms with E-state index in [1.165, 1.54) is 0 Å². The maximum absolute atomic E-state index is 12.7. The Hall–Kier alpha value is -1.88. The van der Waals surface area contributed by atoms with E-state index in [9.17, 15) is 9.90 Å². The zero-order chi connectivity index (χ0) is 15.1. The van der Waals surface area contributed by atoms with Crippen LogP contribution >= 0.6 is 0 Å². The van der Waals surface area contributed by atoms with Crippen molar-refractivity contribution in [2.45, 2.75) is 44.1 Å². The molecule has 2 aliphatic carbocycles. The van der Waals surface area contributed by atoms with Gasteiger partial charge in [-0.15, -0.1) is 0 Å². The van der Waals surface area contributed by atoms with E-state index in [1.54, 1.807) is 0 Å². The lowest BCUT2D eigenvalue weighted by Crippen LogP contribution is -2.37. The van der Waals surface area contributed by atoms with Gasteiger partial charge in [0.1, 0.15) is 5.82 Å². The van der Waals surface area contributed by atoms with Crippen LogP contribution in [0.4, 0.5) is 0 Å². The summed E-state index contributed by atoms with van der Waals surface area (Å²) in [6.45, 7) is 0.110. The topological polar surface area (TPSA) is 66.6 Å². The number of nitrogens with one attached hydrogen (secondary N) is 1. The van der Waals surface area contributed by atoms with Crippen molar-refractivity contribution in [1.82, 2.24) is 14.7 Å². The third kappa shape index (κ3) is 2.50. The maximum Gasteiger partial charge on any atom is 0.272 e. The summed E-state index contributed by atoms with van der Waals surface area (Å²) in [6, 6.07) is 5.94. The van der Waals surface area contributed by atoms with Crippen LogP contribution in [0.3, 0.4) is 0 Å². The Morgan fingerprint density at radius 2 is 2.18 bits per heavy atom. The minimum Gasteiger partial charge on any atom is -0.396 e. The van der Waals surface area contributed by atoms with Gasteiger partial charge in [-0.05, 0) is 50.2 Å². The molecule has 0 bridgehead atoms. The smallest absolute Gasteiger partial charge is 0.272 e. The first-order valence-electron chi connectivity index (χ1n) is 8.16. The number of imidazole rings is 1. The zero-order valence-corrected chi connectivity index (χ0v) is 12.5. The molecule has 2 aliphatic rings. The highest BCUT2D eigenvalue weighted by Gasteiger charge is 2.34. The fraction of sp³-hybridized carbons (Fsp3) is 0.529. The predicted molar refractivity (Wildman–Crippen MR) is 82.8 cm³/mol. The summed E-state index contributed by atoms with van der Waals surface area (Å²) >= 11 is 0. The lowest BCUT2D eigenvalue weighted by atomic mass is 10.1. The summed E-state index contributed by atoms with van der Waals surface area (Å²) < 4.78 is 2.05.